The number of hydrogen-bond acceptors (Lipinski definition) is 8. The SMILES string of the molecule is CC.C[C@H]1CC=C(c2ccnc(-n3cnc(CCS(C)(=O)=O)n3)n2)c2nnc(-c3c(F)cccc3F)cc21. The molecule has 1 aromatic carbocycles. The summed E-state index contributed by atoms with van der Waals surface area (Å²) in [5.74, 6) is -0.784. The summed E-state index contributed by atoms with van der Waals surface area (Å²) in [5.41, 5.74) is 2.59. The van der Waals surface area contributed by atoms with Crippen molar-refractivity contribution in [2.24, 2.45) is 0 Å². The Balaban J connectivity index is 0.00000164. The van der Waals surface area contributed by atoms with E-state index in [1.807, 2.05) is 26.8 Å². The summed E-state index contributed by atoms with van der Waals surface area (Å²) in [5, 5.41) is 12.7. The monoisotopic (exact) mass is 539 g/mol. The Morgan fingerprint density at radius 3 is 2.50 bits per heavy atom. The van der Waals surface area contributed by atoms with Crippen LogP contribution in [-0.2, 0) is 16.3 Å². The minimum atomic E-state index is -3.14. The highest BCUT2D eigenvalue weighted by molar-refractivity contribution is 7.90. The highest BCUT2D eigenvalue weighted by atomic mass is 32.2. The van der Waals surface area contributed by atoms with Gasteiger partial charge in [-0.05, 0) is 42.2 Å². The molecule has 1 atom stereocenters. The number of rotatable bonds is 6. The molecule has 0 fully saturated rings. The molecule has 3 heterocycles. The maximum absolute atomic E-state index is 14.3. The summed E-state index contributed by atoms with van der Waals surface area (Å²) in [7, 11) is -3.14. The number of sulfone groups is 1. The van der Waals surface area contributed by atoms with Gasteiger partial charge in [-0.15, -0.1) is 15.3 Å². The van der Waals surface area contributed by atoms with Crippen molar-refractivity contribution >= 4 is 15.4 Å². The summed E-state index contributed by atoms with van der Waals surface area (Å²) in [6, 6.07) is 7.08. The third kappa shape index (κ3) is 5.80. The predicted octanol–water partition coefficient (Wildman–Crippen LogP) is 4.34. The molecule has 0 saturated carbocycles. The number of aromatic nitrogens is 7. The third-order valence-electron chi connectivity index (χ3n) is 5.86. The predicted molar refractivity (Wildman–Crippen MR) is 139 cm³/mol. The van der Waals surface area contributed by atoms with E-state index in [-0.39, 0.29) is 35.3 Å². The van der Waals surface area contributed by atoms with Crippen LogP contribution in [0.4, 0.5) is 8.78 Å². The van der Waals surface area contributed by atoms with Gasteiger partial charge >= 0.3 is 0 Å². The van der Waals surface area contributed by atoms with Gasteiger partial charge < -0.3 is 0 Å². The topological polar surface area (TPSA) is 116 Å². The van der Waals surface area contributed by atoms with Crippen LogP contribution in [0.5, 0.6) is 0 Å². The van der Waals surface area contributed by atoms with Crippen molar-refractivity contribution < 1.29 is 17.2 Å². The van der Waals surface area contributed by atoms with E-state index in [0.29, 0.717) is 23.6 Å². The molecule has 0 saturated heterocycles. The van der Waals surface area contributed by atoms with Crippen molar-refractivity contribution in [3.05, 3.63) is 83.3 Å². The minimum Gasteiger partial charge on any atom is -0.229 e. The maximum atomic E-state index is 14.3. The molecule has 0 amide bonds. The van der Waals surface area contributed by atoms with Gasteiger partial charge in [0.1, 0.15) is 27.8 Å². The van der Waals surface area contributed by atoms with E-state index in [2.05, 4.69) is 30.2 Å². The molecule has 0 unspecified atom stereocenters. The second kappa shape index (κ2) is 11.2. The molecule has 1 aliphatic rings. The first-order valence-electron chi connectivity index (χ1n) is 12.1. The van der Waals surface area contributed by atoms with Gasteiger partial charge in [0.2, 0.25) is 0 Å². The molecule has 12 heteroatoms. The molecule has 0 aliphatic heterocycles. The fraction of sp³-hybridized carbons (Fsp3) is 0.308. The Morgan fingerprint density at radius 2 is 1.79 bits per heavy atom. The molecule has 0 bridgehead atoms. The fourth-order valence-corrected chi connectivity index (χ4v) is 4.55. The van der Waals surface area contributed by atoms with E-state index in [4.69, 9.17) is 0 Å². The first-order chi connectivity index (χ1) is 18.2. The van der Waals surface area contributed by atoms with Crippen molar-refractivity contribution in [2.45, 2.75) is 39.5 Å². The summed E-state index contributed by atoms with van der Waals surface area (Å²) >= 11 is 0. The standard InChI is InChI=1S/C24H21F2N7O2S.C2H6/c1-14-6-7-15(23-16(14)12-20(30-31-23)22-17(25)4-3-5-18(22)26)19-8-10-27-24(29-19)33-13-28-21(32-33)9-11-36(2,34)35;1-2/h3-5,7-8,10,12-14H,6,9,11H2,1-2H3;1-2H3/t14-;/m0./s1. The van der Waals surface area contributed by atoms with Crippen LogP contribution in [0.1, 0.15) is 55.9 Å². The lowest BCUT2D eigenvalue weighted by atomic mass is 9.85. The molecule has 0 radical (unpaired) electrons. The number of benzene rings is 1. The van der Waals surface area contributed by atoms with E-state index >= 15 is 0 Å². The zero-order valence-corrected chi connectivity index (χ0v) is 22.2. The summed E-state index contributed by atoms with van der Waals surface area (Å²) in [4.78, 5) is 13.0. The Labute approximate surface area is 219 Å². The van der Waals surface area contributed by atoms with E-state index in [0.717, 1.165) is 17.4 Å². The zero-order valence-electron chi connectivity index (χ0n) is 21.4. The first kappa shape index (κ1) is 27.1. The van der Waals surface area contributed by atoms with Gasteiger partial charge in [-0.3, -0.25) is 0 Å². The largest absolute Gasteiger partial charge is 0.252 e. The van der Waals surface area contributed by atoms with E-state index in [9.17, 15) is 17.2 Å². The van der Waals surface area contributed by atoms with Crippen LogP contribution in [-0.4, -0.2) is 55.4 Å². The normalized spacial score (nSPS) is 14.8. The Bertz CT molecular complexity index is 1580. The zero-order chi connectivity index (χ0) is 27.4. The molecule has 0 spiro atoms. The van der Waals surface area contributed by atoms with Gasteiger partial charge in [-0.1, -0.05) is 32.9 Å². The first-order valence-corrected chi connectivity index (χ1v) is 14.2. The summed E-state index contributed by atoms with van der Waals surface area (Å²) in [6.07, 6.45) is 7.01. The second-order valence-electron chi connectivity index (χ2n) is 8.61. The van der Waals surface area contributed by atoms with E-state index in [1.54, 1.807) is 18.3 Å². The molecular formula is C26H27F2N7O2S. The Kier molecular flexibility index (Phi) is 8.00. The second-order valence-corrected chi connectivity index (χ2v) is 10.9. The molecule has 4 aromatic rings. The third-order valence-corrected chi connectivity index (χ3v) is 6.81. The highest BCUT2D eigenvalue weighted by Gasteiger charge is 2.25. The fourth-order valence-electron chi connectivity index (χ4n) is 3.99. The molecule has 38 heavy (non-hydrogen) atoms. The van der Waals surface area contributed by atoms with Crippen molar-refractivity contribution in [2.75, 3.05) is 12.0 Å². The average molecular weight is 540 g/mol. The number of fused-ring (bicyclic) bond motifs is 1. The van der Waals surface area contributed by atoms with Gasteiger partial charge in [-0.25, -0.2) is 32.2 Å². The minimum absolute atomic E-state index is 0.0573. The molecular weight excluding hydrogens is 512 g/mol. The van der Waals surface area contributed by atoms with Gasteiger partial charge in [0, 0.05) is 24.4 Å². The molecule has 1 aliphatic carbocycles. The van der Waals surface area contributed by atoms with E-state index < -0.39 is 21.5 Å². The number of nitrogens with zero attached hydrogens (tertiary/aromatic N) is 7. The van der Waals surface area contributed by atoms with Crippen LogP contribution in [0.2, 0.25) is 0 Å². The number of halogens is 2. The maximum Gasteiger partial charge on any atom is 0.252 e. The van der Waals surface area contributed by atoms with Crippen molar-refractivity contribution in [1.82, 2.24) is 34.9 Å². The van der Waals surface area contributed by atoms with Crippen LogP contribution < -0.4 is 0 Å². The lowest BCUT2D eigenvalue weighted by molar-refractivity contribution is 0.587. The van der Waals surface area contributed by atoms with E-state index in [1.165, 1.54) is 29.2 Å². The molecule has 5 rings (SSSR count). The van der Waals surface area contributed by atoms with Crippen LogP contribution in [0.3, 0.4) is 0 Å². The summed E-state index contributed by atoms with van der Waals surface area (Å²) < 4.78 is 52.9. The summed E-state index contributed by atoms with van der Waals surface area (Å²) in [6.45, 7) is 6.01. The van der Waals surface area contributed by atoms with Crippen molar-refractivity contribution in [1.29, 1.82) is 0 Å². The van der Waals surface area contributed by atoms with Gasteiger partial charge in [0.05, 0.1) is 28.4 Å². The molecule has 0 N–H and O–H groups in total. The Morgan fingerprint density at radius 1 is 1.05 bits per heavy atom. The number of aryl methyl sites for hydroxylation is 1. The number of allylic oxidation sites excluding steroid dienone is 1. The van der Waals surface area contributed by atoms with Crippen LogP contribution in [0.25, 0.3) is 22.8 Å². The number of hydrogen-bond donors (Lipinski definition) is 0. The van der Waals surface area contributed by atoms with Gasteiger partial charge in [-0.2, -0.15) is 4.68 Å². The molecule has 198 valence electrons. The van der Waals surface area contributed by atoms with Gasteiger partial charge in [0.25, 0.3) is 5.95 Å². The molecule has 9 nitrogen and oxygen atoms in total. The van der Waals surface area contributed by atoms with Crippen molar-refractivity contribution in [3.8, 4) is 17.2 Å². The quantitative estimate of drug-likeness (QED) is 0.355. The van der Waals surface area contributed by atoms with Crippen LogP contribution in [0.15, 0.2) is 48.9 Å². The smallest absolute Gasteiger partial charge is 0.229 e. The highest BCUT2D eigenvalue weighted by Crippen LogP contribution is 2.37. The molecule has 3 aromatic heterocycles. The average Bonchev–Trinajstić information content (AvgIpc) is 3.38. The lowest BCUT2D eigenvalue weighted by Crippen LogP contribution is -2.12. The van der Waals surface area contributed by atoms with Crippen molar-refractivity contribution in [3.63, 3.8) is 0 Å². The van der Waals surface area contributed by atoms with Crippen LogP contribution in [0, 0.1) is 11.6 Å². The lowest BCUT2D eigenvalue weighted by Gasteiger charge is -2.22. The van der Waals surface area contributed by atoms with Gasteiger partial charge in [0.15, 0.2) is 5.82 Å². The van der Waals surface area contributed by atoms with Crippen LogP contribution >= 0.6 is 0 Å². The Hall–Kier alpha value is -3.93.